The lowest BCUT2D eigenvalue weighted by atomic mass is 10.2. The third-order valence-electron chi connectivity index (χ3n) is 2.08. The molecule has 0 spiro atoms. The summed E-state index contributed by atoms with van der Waals surface area (Å²) in [6, 6.07) is -0.0777. The normalized spacial score (nSPS) is 13.2. The van der Waals surface area contributed by atoms with Crippen LogP contribution in [0.3, 0.4) is 0 Å². The van der Waals surface area contributed by atoms with E-state index in [4.69, 9.17) is 15.3 Å². The van der Waals surface area contributed by atoms with Crippen LogP contribution in [-0.4, -0.2) is 30.5 Å². The van der Waals surface area contributed by atoms with E-state index in [1.807, 2.05) is 19.2 Å². The van der Waals surface area contributed by atoms with Gasteiger partial charge in [-0.15, -0.1) is 11.3 Å². The highest BCUT2D eigenvalue weighted by Gasteiger charge is 2.22. The summed E-state index contributed by atoms with van der Waals surface area (Å²) in [5.74, 6) is 5.52. The lowest BCUT2D eigenvalue weighted by Gasteiger charge is -2.25. The Hall–Kier alpha value is -0.530. The third kappa shape index (κ3) is 4.15. The zero-order chi connectivity index (χ0) is 11.8. The van der Waals surface area contributed by atoms with Gasteiger partial charge in [-0.1, -0.05) is 0 Å². The van der Waals surface area contributed by atoms with Crippen LogP contribution in [0.2, 0.25) is 0 Å². The number of ether oxygens (including phenoxy) is 2. The maximum absolute atomic E-state index is 5.52. The molecule has 0 fully saturated rings. The quantitative estimate of drug-likeness (QED) is 0.405. The van der Waals surface area contributed by atoms with Gasteiger partial charge in [-0.25, -0.2) is 4.98 Å². The van der Waals surface area contributed by atoms with Gasteiger partial charge in [-0.05, 0) is 13.8 Å². The molecule has 1 rings (SSSR count). The van der Waals surface area contributed by atoms with Gasteiger partial charge in [-0.2, -0.15) is 0 Å². The average Bonchev–Trinajstić information content (AvgIpc) is 2.78. The maximum Gasteiger partial charge on any atom is 0.174 e. The van der Waals surface area contributed by atoms with Crippen molar-refractivity contribution in [3.63, 3.8) is 0 Å². The van der Waals surface area contributed by atoms with Gasteiger partial charge in [0.1, 0.15) is 0 Å². The number of nitrogens with two attached hydrogens (primary N) is 1. The molecule has 0 radical (unpaired) electrons. The molecule has 6 heteroatoms. The first-order chi connectivity index (χ1) is 7.81. The van der Waals surface area contributed by atoms with E-state index in [-0.39, 0.29) is 12.3 Å². The van der Waals surface area contributed by atoms with Crippen LogP contribution in [0.1, 0.15) is 18.9 Å². The minimum absolute atomic E-state index is 0.0777. The van der Waals surface area contributed by atoms with E-state index in [0.717, 1.165) is 5.01 Å². The van der Waals surface area contributed by atoms with Crippen molar-refractivity contribution in [1.82, 2.24) is 10.4 Å². The Bertz CT molecular complexity index is 263. The Morgan fingerprint density at radius 2 is 2.12 bits per heavy atom. The van der Waals surface area contributed by atoms with Gasteiger partial charge in [0.25, 0.3) is 0 Å². The molecule has 1 atom stereocenters. The fourth-order valence-electron chi connectivity index (χ4n) is 1.38. The van der Waals surface area contributed by atoms with Crippen LogP contribution < -0.4 is 11.3 Å². The Balaban J connectivity index is 2.55. The Labute approximate surface area is 99.9 Å². The monoisotopic (exact) mass is 245 g/mol. The number of hydrogen-bond donors (Lipinski definition) is 2. The van der Waals surface area contributed by atoms with E-state index in [0.29, 0.717) is 19.6 Å². The minimum atomic E-state index is -0.330. The summed E-state index contributed by atoms with van der Waals surface area (Å²) in [5.41, 5.74) is 2.73. The van der Waals surface area contributed by atoms with E-state index in [2.05, 4.69) is 10.4 Å². The van der Waals surface area contributed by atoms with Crippen molar-refractivity contribution in [1.29, 1.82) is 0 Å². The largest absolute Gasteiger partial charge is 0.351 e. The molecule has 5 nitrogen and oxygen atoms in total. The van der Waals surface area contributed by atoms with Gasteiger partial charge < -0.3 is 9.47 Å². The van der Waals surface area contributed by atoms with Crippen LogP contribution in [0.5, 0.6) is 0 Å². The summed E-state index contributed by atoms with van der Waals surface area (Å²) in [5, 5.41) is 2.96. The molecule has 92 valence electrons. The highest BCUT2D eigenvalue weighted by Crippen LogP contribution is 2.11. The van der Waals surface area contributed by atoms with Crippen molar-refractivity contribution in [2.45, 2.75) is 32.6 Å². The van der Waals surface area contributed by atoms with E-state index in [1.54, 1.807) is 17.5 Å². The van der Waals surface area contributed by atoms with Gasteiger partial charge in [0.15, 0.2) is 6.29 Å². The molecule has 3 N–H and O–H groups in total. The summed E-state index contributed by atoms with van der Waals surface area (Å²) in [6.07, 6.45) is 2.16. The summed E-state index contributed by atoms with van der Waals surface area (Å²) >= 11 is 1.60. The molecule has 1 aromatic rings. The van der Waals surface area contributed by atoms with Crippen LogP contribution in [-0.2, 0) is 15.9 Å². The molecule has 0 saturated carbocycles. The summed E-state index contributed by atoms with van der Waals surface area (Å²) in [7, 11) is 0. The van der Waals surface area contributed by atoms with Gasteiger partial charge >= 0.3 is 0 Å². The van der Waals surface area contributed by atoms with Gasteiger partial charge in [0.2, 0.25) is 0 Å². The molecule has 1 heterocycles. The Morgan fingerprint density at radius 3 is 2.56 bits per heavy atom. The first kappa shape index (κ1) is 13.5. The van der Waals surface area contributed by atoms with Gasteiger partial charge in [0.05, 0.1) is 11.0 Å². The molecule has 1 aromatic heterocycles. The molecule has 1 unspecified atom stereocenters. The Morgan fingerprint density at radius 1 is 1.44 bits per heavy atom. The van der Waals surface area contributed by atoms with E-state index in [9.17, 15) is 0 Å². The summed E-state index contributed by atoms with van der Waals surface area (Å²) in [4.78, 5) is 4.22. The fraction of sp³-hybridized carbons (Fsp3) is 0.700. The second kappa shape index (κ2) is 7.70. The molecule has 0 bridgehead atoms. The number of thiazole rings is 1. The van der Waals surface area contributed by atoms with Crippen molar-refractivity contribution >= 4 is 11.3 Å². The second-order valence-electron chi connectivity index (χ2n) is 3.18. The lowest BCUT2D eigenvalue weighted by Crippen LogP contribution is -2.48. The summed E-state index contributed by atoms with van der Waals surface area (Å²) < 4.78 is 11.0. The molecule has 0 aliphatic rings. The number of rotatable bonds is 8. The SMILES string of the molecule is CCOC(OCC)C(Cc1nccs1)NN. The van der Waals surface area contributed by atoms with E-state index >= 15 is 0 Å². The van der Waals surface area contributed by atoms with Crippen molar-refractivity contribution in [2.75, 3.05) is 13.2 Å². The maximum atomic E-state index is 5.52. The first-order valence-corrected chi connectivity index (χ1v) is 6.27. The predicted octanol–water partition coefficient (Wildman–Crippen LogP) is 0.917. The van der Waals surface area contributed by atoms with Crippen molar-refractivity contribution in [3.05, 3.63) is 16.6 Å². The fourth-order valence-corrected chi connectivity index (χ4v) is 2.06. The summed E-state index contributed by atoms with van der Waals surface area (Å²) in [6.45, 7) is 5.06. The van der Waals surface area contributed by atoms with Crippen LogP contribution in [0.4, 0.5) is 0 Å². The van der Waals surface area contributed by atoms with Crippen LogP contribution in [0, 0.1) is 0 Å². The van der Waals surface area contributed by atoms with Crippen LogP contribution in [0.15, 0.2) is 11.6 Å². The van der Waals surface area contributed by atoms with E-state index < -0.39 is 0 Å². The number of hydrazine groups is 1. The molecular weight excluding hydrogens is 226 g/mol. The molecule has 0 aliphatic heterocycles. The van der Waals surface area contributed by atoms with Crippen LogP contribution in [0.25, 0.3) is 0 Å². The standard InChI is InChI=1S/C10H19N3O2S/c1-3-14-10(15-4-2)8(13-11)7-9-12-5-6-16-9/h5-6,8,10,13H,3-4,7,11H2,1-2H3. The van der Waals surface area contributed by atoms with Crippen LogP contribution >= 0.6 is 11.3 Å². The van der Waals surface area contributed by atoms with E-state index in [1.165, 1.54) is 0 Å². The van der Waals surface area contributed by atoms with Gasteiger partial charge in [0, 0.05) is 31.2 Å². The smallest absolute Gasteiger partial charge is 0.174 e. The second-order valence-corrected chi connectivity index (χ2v) is 4.16. The van der Waals surface area contributed by atoms with Crippen molar-refractivity contribution in [2.24, 2.45) is 5.84 Å². The molecule has 16 heavy (non-hydrogen) atoms. The lowest BCUT2D eigenvalue weighted by molar-refractivity contribution is -0.153. The zero-order valence-corrected chi connectivity index (χ0v) is 10.5. The van der Waals surface area contributed by atoms with Crippen molar-refractivity contribution in [3.8, 4) is 0 Å². The third-order valence-corrected chi connectivity index (χ3v) is 2.88. The molecule has 0 amide bonds. The molecule has 0 saturated heterocycles. The van der Waals surface area contributed by atoms with Crippen molar-refractivity contribution < 1.29 is 9.47 Å². The zero-order valence-electron chi connectivity index (χ0n) is 9.68. The highest BCUT2D eigenvalue weighted by atomic mass is 32.1. The molecule has 0 aliphatic carbocycles. The average molecular weight is 245 g/mol. The number of aromatic nitrogens is 1. The number of nitrogens with one attached hydrogen (secondary N) is 1. The predicted molar refractivity (Wildman–Crippen MR) is 64.0 cm³/mol. The molecular formula is C10H19N3O2S. The Kier molecular flexibility index (Phi) is 6.51. The topological polar surface area (TPSA) is 69.4 Å². The number of hydrogen-bond acceptors (Lipinski definition) is 6. The van der Waals surface area contributed by atoms with Gasteiger partial charge in [-0.3, -0.25) is 11.3 Å². The highest BCUT2D eigenvalue weighted by molar-refractivity contribution is 7.09. The minimum Gasteiger partial charge on any atom is -0.351 e. The first-order valence-electron chi connectivity index (χ1n) is 5.39. The number of nitrogens with zero attached hydrogens (tertiary/aromatic N) is 1. The molecule has 0 aromatic carbocycles.